The Morgan fingerprint density at radius 3 is 3.00 bits per heavy atom. The third-order valence-electron chi connectivity index (χ3n) is 5.25. The van der Waals surface area contributed by atoms with E-state index in [1.165, 1.54) is 23.5 Å². The van der Waals surface area contributed by atoms with Gasteiger partial charge in [-0.1, -0.05) is 0 Å². The van der Waals surface area contributed by atoms with Crippen molar-refractivity contribution < 1.29 is 0 Å². The molecule has 2 aromatic rings. The van der Waals surface area contributed by atoms with Crippen LogP contribution in [0.4, 0.5) is 0 Å². The van der Waals surface area contributed by atoms with Crippen molar-refractivity contribution in [2.75, 3.05) is 18.8 Å². The van der Waals surface area contributed by atoms with Gasteiger partial charge < -0.3 is 0 Å². The molecule has 0 amide bonds. The molecule has 7 heteroatoms. The molecule has 2 aromatic heterocycles. The van der Waals surface area contributed by atoms with Crippen LogP contribution < -0.4 is 5.56 Å². The van der Waals surface area contributed by atoms with E-state index in [1.807, 2.05) is 23.1 Å². The molecule has 132 valence electrons. The second kappa shape index (κ2) is 6.52. The largest absolute Gasteiger partial charge is 0.297 e. The molecule has 5 nitrogen and oxygen atoms in total. The molecule has 0 unspecified atom stereocenters. The van der Waals surface area contributed by atoms with Crippen LogP contribution >= 0.6 is 23.1 Å². The average Bonchev–Trinajstić information content (AvgIpc) is 3.33. The Morgan fingerprint density at radius 2 is 2.16 bits per heavy atom. The zero-order valence-corrected chi connectivity index (χ0v) is 15.8. The molecule has 3 aliphatic rings. The number of rotatable bonds is 5. The monoisotopic (exact) mass is 374 g/mol. The third-order valence-corrected chi connectivity index (χ3v) is 7.31. The van der Waals surface area contributed by atoms with Crippen LogP contribution in [0, 0.1) is 5.92 Å². The second-order valence-electron chi connectivity index (χ2n) is 7.45. The first-order valence-electron chi connectivity index (χ1n) is 9.09. The van der Waals surface area contributed by atoms with E-state index < -0.39 is 0 Å². The molecule has 1 aliphatic carbocycles. The Bertz CT molecular complexity index is 836. The number of aromatic nitrogens is 3. The number of likely N-dealkylation sites (tertiary alicyclic amines) is 1. The third kappa shape index (κ3) is 3.41. The fraction of sp³-hybridized carbons (Fsp3) is 0.611. The van der Waals surface area contributed by atoms with Gasteiger partial charge >= 0.3 is 0 Å². The van der Waals surface area contributed by atoms with Crippen LogP contribution in [0.25, 0.3) is 0 Å². The van der Waals surface area contributed by atoms with Gasteiger partial charge in [0.25, 0.3) is 5.56 Å². The molecular formula is C18H22N4OS2. The zero-order valence-electron chi connectivity index (χ0n) is 14.2. The molecule has 0 atom stereocenters. The van der Waals surface area contributed by atoms with Crippen LogP contribution in [0.1, 0.15) is 40.7 Å². The molecule has 0 bridgehead atoms. The summed E-state index contributed by atoms with van der Waals surface area (Å²) in [5.74, 6) is 3.34. The van der Waals surface area contributed by atoms with E-state index in [0.717, 1.165) is 61.3 Å². The maximum atomic E-state index is 12.3. The van der Waals surface area contributed by atoms with Gasteiger partial charge in [-0.3, -0.25) is 9.69 Å². The summed E-state index contributed by atoms with van der Waals surface area (Å²) in [6.07, 6.45) is 3.63. The lowest BCUT2D eigenvalue weighted by Crippen LogP contribution is -2.49. The Kier molecular flexibility index (Phi) is 4.18. The van der Waals surface area contributed by atoms with Crippen molar-refractivity contribution in [3.63, 3.8) is 0 Å². The van der Waals surface area contributed by atoms with Crippen molar-refractivity contribution in [2.45, 2.75) is 44.0 Å². The lowest BCUT2D eigenvalue weighted by atomic mass is 10.00. The molecule has 0 spiro atoms. The van der Waals surface area contributed by atoms with Crippen LogP contribution in [0.2, 0.25) is 0 Å². The van der Waals surface area contributed by atoms with Gasteiger partial charge in [0.2, 0.25) is 0 Å². The van der Waals surface area contributed by atoms with E-state index in [0.29, 0.717) is 5.92 Å². The zero-order chi connectivity index (χ0) is 16.8. The summed E-state index contributed by atoms with van der Waals surface area (Å²) in [5, 5.41) is 8.18. The molecule has 0 aromatic carbocycles. The van der Waals surface area contributed by atoms with Gasteiger partial charge in [-0.25, -0.2) is 9.67 Å². The highest BCUT2D eigenvalue weighted by Crippen LogP contribution is 2.41. The van der Waals surface area contributed by atoms with Crippen molar-refractivity contribution in [1.82, 2.24) is 19.7 Å². The van der Waals surface area contributed by atoms with E-state index in [9.17, 15) is 4.79 Å². The van der Waals surface area contributed by atoms with Crippen molar-refractivity contribution in [3.05, 3.63) is 43.8 Å². The number of thioether (sulfide) groups is 1. The molecular weight excluding hydrogens is 352 g/mol. The topological polar surface area (TPSA) is 51.0 Å². The summed E-state index contributed by atoms with van der Waals surface area (Å²) in [5.41, 5.74) is 3.55. The highest BCUT2D eigenvalue weighted by atomic mass is 32.2. The standard InChI is InChI=1S/C18H22N4OS2/c23-17-5-14-10-24-4-3-16(14)20-22(17)8-12-6-21(7-12)9-15-11-25-18(19-15)13-1-2-13/h5,11-13H,1-4,6-10H2. The maximum Gasteiger partial charge on any atom is 0.267 e. The van der Waals surface area contributed by atoms with Crippen LogP contribution in [-0.4, -0.2) is 38.5 Å². The van der Waals surface area contributed by atoms with E-state index in [-0.39, 0.29) is 5.56 Å². The predicted octanol–water partition coefficient (Wildman–Crippen LogP) is 2.50. The summed E-state index contributed by atoms with van der Waals surface area (Å²) in [6.45, 7) is 3.78. The maximum absolute atomic E-state index is 12.3. The normalized spacial score (nSPS) is 21.1. The molecule has 1 saturated carbocycles. The Morgan fingerprint density at radius 1 is 1.28 bits per heavy atom. The minimum absolute atomic E-state index is 0.0632. The van der Waals surface area contributed by atoms with Crippen LogP contribution in [0.15, 0.2) is 16.2 Å². The molecule has 1 saturated heterocycles. The first-order valence-corrected chi connectivity index (χ1v) is 11.1. The quantitative estimate of drug-likeness (QED) is 0.805. The predicted molar refractivity (Wildman–Crippen MR) is 101 cm³/mol. The molecule has 2 aliphatic heterocycles. The van der Waals surface area contributed by atoms with E-state index in [2.05, 4.69) is 15.4 Å². The number of thiazole rings is 1. The van der Waals surface area contributed by atoms with E-state index in [4.69, 9.17) is 4.98 Å². The lowest BCUT2D eigenvalue weighted by Gasteiger charge is -2.38. The van der Waals surface area contributed by atoms with Gasteiger partial charge in [-0.15, -0.1) is 11.3 Å². The molecule has 0 N–H and O–H groups in total. The summed E-state index contributed by atoms with van der Waals surface area (Å²) in [7, 11) is 0. The average molecular weight is 375 g/mol. The van der Waals surface area contributed by atoms with Gasteiger partial charge in [-0.2, -0.15) is 16.9 Å². The first-order chi connectivity index (χ1) is 12.2. The molecule has 0 radical (unpaired) electrons. The van der Waals surface area contributed by atoms with Gasteiger partial charge in [0.05, 0.1) is 22.9 Å². The minimum atomic E-state index is 0.0632. The number of aryl methyl sites for hydroxylation is 1. The van der Waals surface area contributed by atoms with Crippen molar-refractivity contribution in [1.29, 1.82) is 0 Å². The van der Waals surface area contributed by atoms with E-state index >= 15 is 0 Å². The van der Waals surface area contributed by atoms with Crippen LogP contribution in [0.3, 0.4) is 0 Å². The van der Waals surface area contributed by atoms with Crippen molar-refractivity contribution in [3.8, 4) is 0 Å². The minimum Gasteiger partial charge on any atom is -0.297 e. The van der Waals surface area contributed by atoms with Gasteiger partial charge in [-0.05, 0) is 24.2 Å². The number of hydrogen-bond donors (Lipinski definition) is 0. The smallest absolute Gasteiger partial charge is 0.267 e. The van der Waals surface area contributed by atoms with E-state index in [1.54, 1.807) is 10.7 Å². The van der Waals surface area contributed by atoms with Gasteiger partial charge in [0.15, 0.2) is 0 Å². The molecule has 25 heavy (non-hydrogen) atoms. The summed E-state index contributed by atoms with van der Waals surface area (Å²) in [6, 6.07) is 1.81. The van der Waals surface area contributed by atoms with Crippen molar-refractivity contribution in [2.24, 2.45) is 5.92 Å². The molecule has 4 heterocycles. The number of hydrogen-bond acceptors (Lipinski definition) is 6. The molecule has 5 rings (SSSR count). The Hall–Kier alpha value is -1.18. The van der Waals surface area contributed by atoms with Crippen LogP contribution in [0.5, 0.6) is 0 Å². The molecule has 2 fully saturated rings. The fourth-order valence-electron chi connectivity index (χ4n) is 3.69. The van der Waals surface area contributed by atoms with Gasteiger partial charge in [0, 0.05) is 55.1 Å². The number of nitrogens with zero attached hydrogens (tertiary/aromatic N) is 4. The SMILES string of the molecule is O=c1cc2c(nn1CC1CN(Cc3csc(C4CC4)n3)C1)CCSC2. The Balaban J connectivity index is 1.17. The number of fused-ring (bicyclic) bond motifs is 1. The van der Waals surface area contributed by atoms with Crippen LogP contribution in [-0.2, 0) is 25.3 Å². The summed E-state index contributed by atoms with van der Waals surface area (Å²) < 4.78 is 1.70. The summed E-state index contributed by atoms with van der Waals surface area (Å²) >= 11 is 3.71. The van der Waals surface area contributed by atoms with Gasteiger partial charge in [0.1, 0.15) is 0 Å². The summed E-state index contributed by atoms with van der Waals surface area (Å²) in [4.78, 5) is 19.5. The second-order valence-corrected chi connectivity index (χ2v) is 9.45. The van der Waals surface area contributed by atoms with Crippen molar-refractivity contribution >= 4 is 23.1 Å². The fourth-order valence-corrected chi connectivity index (χ4v) is 5.63. The first kappa shape index (κ1) is 16.0. The lowest BCUT2D eigenvalue weighted by molar-refractivity contribution is 0.0754. The highest BCUT2D eigenvalue weighted by molar-refractivity contribution is 7.98. The highest BCUT2D eigenvalue weighted by Gasteiger charge is 2.30. The Labute approximate surface area is 155 Å².